The zero-order valence-corrected chi connectivity index (χ0v) is 33.6. The molecule has 1 fully saturated rings. The van der Waals surface area contributed by atoms with Gasteiger partial charge in [-0.15, -0.1) is 0 Å². The zero-order chi connectivity index (χ0) is 42.4. The molecule has 3 aromatic heterocycles. The molecule has 0 saturated carbocycles. The van der Waals surface area contributed by atoms with E-state index in [4.69, 9.17) is 9.51 Å². The summed E-state index contributed by atoms with van der Waals surface area (Å²) in [6, 6.07) is 20.1. The molecule has 0 aliphatic carbocycles. The first-order valence-corrected chi connectivity index (χ1v) is 20.1. The van der Waals surface area contributed by atoms with Gasteiger partial charge in [0.25, 0.3) is 11.8 Å². The lowest BCUT2D eigenvalue weighted by Crippen LogP contribution is -2.52. The van der Waals surface area contributed by atoms with Crippen molar-refractivity contribution in [3.05, 3.63) is 113 Å². The van der Waals surface area contributed by atoms with Crippen molar-refractivity contribution in [2.45, 2.75) is 65.1 Å². The Morgan fingerprint density at radius 2 is 1.75 bits per heavy atom. The first kappa shape index (κ1) is 38.8. The van der Waals surface area contributed by atoms with Crippen molar-refractivity contribution in [2.75, 3.05) is 17.2 Å². The van der Waals surface area contributed by atoms with Crippen LogP contribution in [0.1, 0.15) is 76.0 Å². The van der Waals surface area contributed by atoms with E-state index in [0.29, 0.717) is 41.1 Å². The SMILES string of the molecule is Cc1noc(C)c1-c1cc2c(c(-c3cccc4cc(-c5ccc(C(=O)NCCC#Cc6cccc7c6CN(C6CCC(=O)NC6=O)C7=O)nc5)ncc34)c1)N[C@H](C)CC(=O)N2. The van der Waals surface area contributed by atoms with Crippen molar-refractivity contribution in [3.8, 4) is 45.4 Å². The maximum atomic E-state index is 13.1. The normalized spacial score (nSPS) is 17.1. The van der Waals surface area contributed by atoms with Crippen LogP contribution in [0.5, 0.6) is 0 Å². The molecular formula is C47H40N8O6. The molecule has 0 spiro atoms. The van der Waals surface area contributed by atoms with Crippen LogP contribution < -0.4 is 21.3 Å². The van der Waals surface area contributed by atoms with Crippen molar-refractivity contribution >= 4 is 51.7 Å². The fraction of sp³-hybridized carbons (Fsp3) is 0.234. The smallest absolute Gasteiger partial charge is 0.269 e. The Labute approximate surface area is 350 Å². The highest BCUT2D eigenvalue weighted by atomic mass is 16.5. The highest BCUT2D eigenvalue weighted by Gasteiger charge is 2.39. The summed E-state index contributed by atoms with van der Waals surface area (Å²) in [5.41, 5.74) is 9.47. The number of amides is 5. The Kier molecular flexibility index (Phi) is 10.1. The quantitative estimate of drug-likeness (QED) is 0.0808. The van der Waals surface area contributed by atoms with Gasteiger partial charge < -0.3 is 25.4 Å². The molecule has 6 heterocycles. The predicted octanol–water partition coefficient (Wildman–Crippen LogP) is 6.31. The number of rotatable bonds is 7. The Morgan fingerprint density at radius 3 is 2.54 bits per heavy atom. The molecule has 14 heteroatoms. The van der Waals surface area contributed by atoms with Crippen LogP contribution in [0, 0.1) is 25.7 Å². The lowest BCUT2D eigenvalue weighted by Gasteiger charge is -2.29. The maximum Gasteiger partial charge on any atom is 0.269 e. The van der Waals surface area contributed by atoms with Gasteiger partial charge in [0.1, 0.15) is 17.5 Å². The number of aromatic nitrogens is 3. The van der Waals surface area contributed by atoms with E-state index in [1.165, 1.54) is 4.90 Å². The summed E-state index contributed by atoms with van der Waals surface area (Å²) in [6.45, 7) is 6.28. The number of anilines is 2. The average Bonchev–Trinajstić information content (AvgIpc) is 3.72. The van der Waals surface area contributed by atoms with Crippen LogP contribution >= 0.6 is 0 Å². The molecule has 14 nitrogen and oxygen atoms in total. The molecule has 0 bridgehead atoms. The van der Waals surface area contributed by atoms with E-state index >= 15 is 0 Å². The fourth-order valence-electron chi connectivity index (χ4n) is 8.36. The van der Waals surface area contributed by atoms with E-state index in [1.54, 1.807) is 24.4 Å². The molecule has 9 rings (SSSR count). The second kappa shape index (κ2) is 15.8. The molecule has 61 heavy (non-hydrogen) atoms. The van der Waals surface area contributed by atoms with Gasteiger partial charge in [0.05, 0.1) is 22.8 Å². The number of fused-ring (bicyclic) bond motifs is 3. The largest absolute Gasteiger partial charge is 0.380 e. The van der Waals surface area contributed by atoms with Crippen LogP contribution in [0.15, 0.2) is 83.6 Å². The fourth-order valence-corrected chi connectivity index (χ4v) is 8.36. The van der Waals surface area contributed by atoms with Gasteiger partial charge >= 0.3 is 0 Å². The third-order valence-corrected chi connectivity index (χ3v) is 11.3. The number of carbonyl (C=O) groups excluding carboxylic acids is 5. The van der Waals surface area contributed by atoms with Crippen LogP contribution in [0.25, 0.3) is 44.3 Å². The third-order valence-electron chi connectivity index (χ3n) is 11.3. The van der Waals surface area contributed by atoms with Crippen LogP contribution in [-0.2, 0) is 20.9 Å². The van der Waals surface area contributed by atoms with E-state index in [1.807, 2.05) is 69.4 Å². The Balaban J connectivity index is 0.888. The van der Waals surface area contributed by atoms with Crippen LogP contribution in [0.2, 0.25) is 0 Å². The number of hydrogen-bond donors (Lipinski definition) is 4. The number of imide groups is 1. The molecule has 5 amide bonds. The first-order chi connectivity index (χ1) is 29.5. The second-order valence-corrected chi connectivity index (χ2v) is 15.5. The summed E-state index contributed by atoms with van der Waals surface area (Å²) < 4.78 is 5.50. The summed E-state index contributed by atoms with van der Waals surface area (Å²) in [4.78, 5) is 73.8. The van der Waals surface area contributed by atoms with Gasteiger partial charge in [0, 0.05) is 84.0 Å². The molecule has 3 aromatic carbocycles. The van der Waals surface area contributed by atoms with Crippen molar-refractivity contribution < 1.29 is 28.5 Å². The Morgan fingerprint density at radius 1 is 0.918 bits per heavy atom. The molecule has 3 aliphatic rings. The Bertz CT molecular complexity index is 2870. The van der Waals surface area contributed by atoms with Gasteiger partial charge in [0.15, 0.2) is 0 Å². The number of aryl methyl sites for hydroxylation is 2. The molecule has 1 saturated heterocycles. The average molecular weight is 813 g/mol. The Hall–Kier alpha value is -7.66. The van der Waals surface area contributed by atoms with Gasteiger partial charge in [0.2, 0.25) is 17.7 Å². The van der Waals surface area contributed by atoms with Crippen LogP contribution in [-0.4, -0.2) is 68.2 Å². The summed E-state index contributed by atoms with van der Waals surface area (Å²) in [5, 5.41) is 17.9. The third kappa shape index (κ3) is 7.46. The monoisotopic (exact) mass is 812 g/mol. The number of pyridine rings is 2. The van der Waals surface area contributed by atoms with Crippen molar-refractivity contribution in [3.63, 3.8) is 0 Å². The number of benzene rings is 3. The van der Waals surface area contributed by atoms with Gasteiger partial charge in [-0.05, 0) is 91.7 Å². The predicted molar refractivity (Wildman–Crippen MR) is 228 cm³/mol. The minimum absolute atomic E-state index is 0.0675. The van der Waals surface area contributed by atoms with Crippen LogP contribution in [0.3, 0.4) is 0 Å². The lowest BCUT2D eigenvalue weighted by atomic mass is 9.92. The van der Waals surface area contributed by atoms with Crippen molar-refractivity contribution in [1.29, 1.82) is 0 Å². The van der Waals surface area contributed by atoms with E-state index in [0.717, 1.165) is 55.5 Å². The molecule has 4 N–H and O–H groups in total. The highest BCUT2D eigenvalue weighted by molar-refractivity contribution is 6.08. The molecule has 0 radical (unpaired) electrons. The van der Waals surface area contributed by atoms with Crippen molar-refractivity contribution in [2.24, 2.45) is 0 Å². The number of nitrogens with zero attached hydrogens (tertiary/aromatic N) is 4. The highest BCUT2D eigenvalue weighted by Crippen LogP contribution is 2.44. The van der Waals surface area contributed by atoms with Gasteiger partial charge in [-0.25, -0.2) is 0 Å². The summed E-state index contributed by atoms with van der Waals surface area (Å²) in [7, 11) is 0. The lowest BCUT2D eigenvalue weighted by molar-refractivity contribution is -0.137. The maximum absolute atomic E-state index is 13.1. The minimum atomic E-state index is -0.699. The summed E-state index contributed by atoms with van der Waals surface area (Å²) in [6.07, 6.45) is 4.63. The summed E-state index contributed by atoms with van der Waals surface area (Å²) >= 11 is 0. The molecule has 2 atom stereocenters. The number of nitrogens with one attached hydrogen (secondary N) is 4. The van der Waals surface area contributed by atoms with E-state index in [-0.39, 0.29) is 61.3 Å². The number of hydrogen-bond acceptors (Lipinski definition) is 10. The van der Waals surface area contributed by atoms with Gasteiger partial charge in [-0.1, -0.05) is 41.3 Å². The molecule has 3 aliphatic heterocycles. The van der Waals surface area contributed by atoms with E-state index < -0.39 is 11.9 Å². The number of piperidine rings is 1. The van der Waals surface area contributed by atoms with E-state index in [2.05, 4.69) is 49.3 Å². The number of carbonyl (C=O) groups is 5. The van der Waals surface area contributed by atoms with Crippen molar-refractivity contribution in [1.82, 2.24) is 30.7 Å². The zero-order valence-electron chi connectivity index (χ0n) is 33.6. The molecule has 6 aromatic rings. The standard InChI is InChI=1S/C47H40N8O6/c1-25-18-42(57)52-39-21-31(43-26(2)54-61-27(43)3)19-34(44(39)51-25)32-11-7-10-29-20-38(50-23-35(29)32)30-13-14-37(49-22-30)45(58)48-17-5-4-8-28-9-6-12-33-36(28)24-55(47(33)60)40-15-16-41(56)53-46(40)59/h6-7,9-14,19-23,25,40,51H,5,15-18,24H2,1-3H3,(H,48,58)(H,52,57)(H,53,56,59)/t25-,40?/m1/s1. The molecular weight excluding hydrogens is 773 g/mol. The summed E-state index contributed by atoms with van der Waals surface area (Å²) in [5.74, 6) is 5.44. The first-order valence-electron chi connectivity index (χ1n) is 20.1. The topological polar surface area (TPSA) is 189 Å². The van der Waals surface area contributed by atoms with E-state index in [9.17, 15) is 24.0 Å². The second-order valence-electron chi connectivity index (χ2n) is 15.5. The minimum Gasteiger partial charge on any atom is -0.380 e. The molecule has 304 valence electrons. The van der Waals surface area contributed by atoms with Crippen LogP contribution in [0.4, 0.5) is 11.4 Å². The molecule has 1 unspecified atom stereocenters. The van der Waals surface area contributed by atoms with Gasteiger partial charge in [-0.3, -0.25) is 39.3 Å². The van der Waals surface area contributed by atoms with Gasteiger partial charge in [-0.2, -0.15) is 0 Å².